The van der Waals surface area contributed by atoms with E-state index < -0.39 is 0 Å². The standard InChI is InChI=1S/C17H19N7O2/c1-3-11(13-10-23-6-4-5-18-17(23)20-13)19-15(25)12-9-14-16(26)22(2)7-8-24(14)21-12/h4-6,9-11H,3,7-8H2,1-2H3,(H,19,25). The van der Waals surface area contributed by atoms with E-state index in [2.05, 4.69) is 20.4 Å². The molecule has 1 aliphatic rings. The van der Waals surface area contributed by atoms with Crippen molar-refractivity contribution in [1.29, 1.82) is 0 Å². The number of nitrogens with one attached hydrogen (secondary N) is 1. The van der Waals surface area contributed by atoms with Crippen molar-refractivity contribution in [3.63, 3.8) is 0 Å². The van der Waals surface area contributed by atoms with Gasteiger partial charge in [0.1, 0.15) is 5.69 Å². The molecule has 0 radical (unpaired) electrons. The summed E-state index contributed by atoms with van der Waals surface area (Å²) >= 11 is 0. The summed E-state index contributed by atoms with van der Waals surface area (Å²) in [5.41, 5.74) is 1.41. The molecule has 4 heterocycles. The van der Waals surface area contributed by atoms with Gasteiger partial charge in [-0.25, -0.2) is 9.97 Å². The number of carbonyl (C=O) groups is 2. The predicted octanol–water partition coefficient (Wildman–Crippen LogP) is 0.892. The lowest BCUT2D eigenvalue weighted by Gasteiger charge is -2.22. The molecular formula is C17H19N7O2. The molecule has 26 heavy (non-hydrogen) atoms. The van der Waals surface area contributed by atoms with Gasteiger partial charge in [-0.3, -0.25) is 18.7 Å². The average molecular weight is 353 g/mol. The number of hydrogen-bond acceptors (Lipinski definition) is 5. The van der Waals surface area contributed by atoms with Crippen LogP contribution in [0.5, 0.6) is 0 Å². The number of imidazole rings is 1. The molecule has 9 heteroatoms. The van der Waals surface area contributed by atoms with E-state index in [0.717, 1.165) is 5.69 Å². The number of carbonyl (C=O) groups excluding carboxylic acids is 2. The summed E-state index contributed by atoms with van der Waals surface area (Å²) in [4.78, 5) is 35.1. The molecule has 9 nitrogen and oxygen atoms in total. The van der Waals surface area contributed by atoms with Crippen molar-refractivity contribution >= 4 is 17.6 Å². The van der Waals surface area contributed by atoms with Crippen LogP contribution < -0.4 is 5.32 Å². The lowest BCUT2D eigenvalue weighted by molar-refractivity contribution is 0.0742. The number of likely N-dealkylation sites (N-methyl/N-ethyl adjacent to an activating group) is 1. The second-order valence-electron chi connectivity index (χ2n) is 6.29. The van der Waals surface area contributed by atoms with E-state index in [1.807, 2.05) is 29.8 Å². The third kappa shape index (κ3) is 2.71. The van der Waals surface area contributed by atoms with Gasteiger partial charge >= 0.3 is 0 Å². The summed E-state index contributed by atoms with van der Waals surface area (Å²) in [6.45, 7) is 3.14. The molecule has 1 N–H and O–H groups in total. The fourth-order valence-corrected chi connectivity index (χ4v) is 3.05. The zero-order valence-electron chi connectivity index (χ0n) is 14.6. The molecule has 0 fully saturated rings. The summed E-state index contributed by atoms with van der Waals surface area (Å²) in [7, 11) is 1.74. The van der Waals surface area contributed by atoms with Gasteiger partial charge in [-0.15, -0.1) is 0 Å². The smallest absolute Gasteiger partial charge is 0.272 e. The molecule has 0 bridgehead atoms. The Balaban J connectivity index is 1.56. The number of nitrogens with zero attached hydrogens (tertiary/aromatic N) is 6. The summed E-state index contributed by atoms with van der Waals surface area (Å²) < 4.78 is 3.40. The Labute approximate surface area is 149 Å². The molecule has 2 amide bonds. The average Bonchev–Trinajstić information content (AvgIpc) is 3.27. The van der Waals surface area contributed by atoms with Crippen LogP contribution in [0.4, 0.5) is 0 Å². The van der Waals surface area contributed by atoms with Gasteiger partial charge in [0.25, 0.3) is 11.8 Å². The Morgan fingerprint density at radius 1 is 1.38 bits per heavy atom. The number of amides is 2. The quantitative estimate of drug-likeness (QED) is 0.751. The van der Waals surface area contributed by atoms with E-state index in [-0.39, 0.29) is 23.6 Å². The largest absolute Gasteiger partial charge is 0.342 e. The molecule has 1 atom stereocenters. The zero-order chi connectivity index (χ0) is 18.3. The van der Waals surface area contributed by atoms with Crippen molar-refractivity contribution < 1.29 is 9.59 Å². The van der Waals surface area contributed by atoms with Crippen molar-refractivity contribution in [2.75, 3.05) is 13.6 Å². The van der Waals surface area contributed by atoms with Crippen LogP contribution in [0.15, 0.2) is 30.7 Å². The van der Waals surface area contributed by atoms with Crippen LogP contribution >= 0.6 is 0 Å². The van der Waals surface area contributed by atoms with E-state index in [0.29, 0.717) is 31.0 Å². The van der Waals surface area contributed by atoms with E-state index in [9.17, 15) is 9.59 Å². The molecule has 1 unspecified atom stereocenters. The van der Waals surface area contributed by atoms with Gasteiger partial charge in [0.05, 0.1) is 18.3 Å². The molecule has 4 rings (SSSR count). The highest BCUT2D eigenvalue weighted by molar-refractivity contribution is 5.98. The van der Waals surface area contributed by atoms with Gasteiger partial charge in [-0.2, -0.15) is 5.10 Å². The highest BCUT2D eigenvalue weighted by atomic mass is 16.2. The topological polar surface area (TPSA) is 97.4 Å². The first-order chi connectivity index (χ1) is 12.6. The van der Waals surface area contributed by atoms with Gasteiger partial charge < -0.3 is 10.2 Å². The van der Waals surface area contributed by atoms with Gasteiger partial charge in [0.2, 0.25) is 5.78 Å². The summed E-state index contributed by atoms with van der Waals surface area (Å²) in [6.07, 6.45) is 6.06. The normalized spacial score (nSPS) is 15.2. The molecule has 134 valence electrons. The molecular weight excluding hydrogens is 334 g/mol. The van der Waals surface area contributed by atoms with Crippen LogP contribution in [0, 0.1) is 0 Å². The maximum atomic E-state index is 12.6. The Kier molecular flexibility index (Phi) is 3.90. The number of hydrogen-bond donors (Lipinski definition) is 1. The highest BCUT2D eigenvalue weighted by Gasteiger charge is 2.26. The number of rotatable bonds is 4. The Morgan fingerprint density at radius 3 is 3.00 bits per heavy atom. The van der Waals surface area contributed by atoms with Crippen molar-refractivity contribution in [3.05, 3.63) is 47.8 Å². The molecule has 3 aromatic rings. The predicted molar refractivity (Wildman–Crippen MR) is 92.7 cm³/mol. The van der Waals surface area contributed by atoms with Gasteiger partial charge in [-0.1, -0.05) is 6.92 Å². The third-order valence-electron chi connectivity index (χ3n) is 4.55. The van der Waals surface area contributed by atoms with Crippen molar-refractivity contribution in [1.82, 2.24) is 34.4 Å². The first kappa shape index (κ1) is 16.2. The fourth-order valence-electron chi connectivity index (χ4n) is 3.05. The molecule has 0 saturated heterocycles. The fraction of sp³-hybridized carbons (Fsp3) is 0.353. The maximum Gasteiger partial charge on any atom is 0.272 e. The Hall–Kier alpha value is -3.23. The first-order valence-electron chi connectivity index (χ1n) is 8.50. The van der Waals surface area contributed by atoms with E-state index in [4.69, 9.17) is 0 Å². The molecule has 0 spiro atoms. The molecule has 0 aliphatic carbocycles. The maximum absolute atomic E-state index is 12.6. The summed E-state index contributed by atoms with van der Waals surface area (Å²) in [5.74, 6) is 0.141. The van der Waals surface area contributed by atoms with Crippen molar-refractivity contribution in [3.8, 4) is 0 Å². The lowest BCUT2D eigenvalue weighted by Crippen LogP contribution is -2.37. The highest BCUT2D eigenvalue weighted by Crippen LogP contribution is 2.18. The Bertz CT molecular complexity index is 957. The molecule has 0 aromatic carbocycles. The molecule has 3 aromatic heterocycles. The van der Waals surface area contributed by atoms with Gasteiger partial charge in [-0.05, 0) is 12.5 Å². The summed E-state index contributed by atoms with van der Waals surface area (Å²) in [5, 5.41) is 7.23. The minimum atomic E-state index is -0.320. The van der Waals surface area contributed by atoms with Crippen LogP contribution in [0.2, 0.25) is 0 Å². The Morgan fingerprint density at radius 2 is 2.23 bits per heavy atom. The zero-order valence-corrected chi connectivity index (χ0v) is 14.6. The van der Waals surface area contributed by atoms with Gasteiger partial charge in [0.15, 0.2) is 5.69 Å². The number of fused-ring (bicyclic) bond motifs is 2. The first-order valence-corrected chi connectivity index (χ1v) is 8.50. The number of aromatic nitrogens is 5. The second kappa shape index (κ2) is 6.25. The van der Waals surface area contributed by atoms with Crippen molar-refractivity contribution in [2.24, 2.45) is 0 Å². The summed E-state index contributed by atoms with van der Waals surface area (Å²) in [6, 6.07) is 3.11. The van der Waals surface area contributed by atoms with Crippen LogP contribution in [0.25, 0.3) is 5.78 Å². The second-order valence-corrected chi connectivity index (χ2v) is 6.29. The van der Waals surface area contributed by atoms with Gasteiger partial charge in [0, 0.05) is 38.2 Å². The minimum Gasteiger partial charge on any atom is -0.342 e. The SMILES string of the molecule is CCC(NC(=O)c1cc2n(n1)CCN(C)C2=O)c1cn2cccnc2n1. The van der Waals surface area contributed by atoms with Crippen LogP contribution in [0.1, 0.15) is 46.1 Å². The lowest BCUT2D eigenvalue weighted by atomic mass is 10.1. The minimum absolute atomic E-state index is 0.124. The van der Waals surface area contributed by atoms with E-state index in [1.165, 1.54) is 0 Å². The monoisotopic (exact) mass is 353 g/mol. The molecule has 0 saturated carbocycles. The van der Waals surface area contributed by atoms with E-state index in [1.54, 1.807) is 28.9 Å². The van der Waals surface area contributed by atoms with Crippen LogP contribution in [-0.4, -0.2) is 54.5 Å². The van der Waals surface area contributed by atoms with Crippen LogP contribution in [-0.2, 0) is 6.54 Å². The third-order valence-corrected chi connectivity index (χ3v) is 4.55. The molecule has 1 aliphatic heterocycles. The van der Waals surface area contributed by atoms with Crippen LogP contribution in [0.3, 0.4) is 0 Å². The van der Waals surface area contributed by atoms with E-state index >= 15 is 0 Å². The van der Waals surface area contributed by atoms with Crippen molar-refractivity contribution in [2.45, 2.75) is 25.9 Å².